The fraction of sp³-hybridized carbons (Fsp3) is 0.0714. The molecule has 0 atom stereocenters. The van der Waals surface area contributed by atoms with Crippen molar-refractivity contribution in [2.75, 3.05) is 4.72 Å². The predicted octanol–water partition coefficient (Wildman–Crippen LogP) is 3.03. The van der Waals surface area contributed by atoms with Gasteiger partial charge < -0.3 is 5.73 Å². The first kappa shape index (κ1) is 15.9. The third-order valence-electron chi connectivity index (χ3n) is 2.73. The normalized spacial score (nSPS) is 11.1. The highest BCUT2D eigenvalue weighted by atomic mass is 79.9. The van der Waals surface area contributed by atoms with E-state index in [4.69, 9.17) is 18.0 Å². The lowest BCUT2D eigenvalue weighted by Gasteiger charge is -2.10. The number of para-hydroxylation sites is 1. The molecule has 0 aliphatic heterocycles. The Kier molecular flexibility index (Phi) is 4.97. The Hall–Kier alpha value is -1.44. The molecule has 2 aromatic rings. The quantitative estimate of drug-likeness (QED) is 0.777. The van der Waals surface area contributed by atoms with E-state index >= 15 is 0 Å². The van der Waals surface area contributed by atoms with E-state index in [2.05, 4.69) is 20.7 Å². The van der Waals surface area contributed by atoms with E-state index in [-0.39, 0.29) is 10.7 Å². The molecule has 0 heterocycles. The summed E-state index contributed by atoms with van der Waals surface area (Å²) in [4.78, 5) is 0.288. The predicted molar refractivity (Wildman–Crippen MR) is 92.7 cm³/mol. The van der Waals surface area contributed by atoms with Crippen molar-refractivity contribution in [1.29, 1.82) is 0 Å². The highest BCUT2D eigenvalue weighted by Crippen LogP contribution is 2.23. The van der Waals surface area contributed by atoms with Crippen molar-refractivity contribution < 1.29 is 8.42 Å². The van der Waals surface area contributed by atoms with Gasteiger partial charge in [-0.25, -0.2) is 8.42 Å². The molecule has 2 aromatic carbocycles. The minimum atomic E-state index is -3.49. The molecule has 110 valence electrons. The van der Waals surface area contributed by atoms with Crippen LogP contribution in [-0.4, -0.2) is 13.4 Å². The SMILES string of the molecule is NC(=S)c1ccc(CS(=O)(=O)Nc2ccccc2Br)cc1. The third kappa shape index (κ3) is 4.52. The van der Waals surface area contributed by atoms with E-state index in [1.54, 1.807) is 42.5 Å². The summed E-state index contributed by atoms with van der Waals surface area (Å²) in [5.74, 6) is -0.119. The Morgan fingerprint density at radius 2 is 1.76 bits per heavy atom. The van der Waals surface area contributed by atoms with Crippen LogP contribution >= 0.6 is 28.1 Å². The molecule has 0 saturated heterocycles. The average molecular weight is 385 g/mol. The number of hydrogen-bond acceptors (Lipinski definition) is 3. The van der Waals surface area contributed by atoms with Crippen LogP contribution in [0, 0.1) is 0 Å². The van der Waals surface area contributed by atoms with E-state index in [0.29, 0.717) is 21.3 Å². The van der Waals surface area contributed by atoms with Crippen LogP contribution in [0.1, 0.15) is 11.1 Å². The smallest absolute Gasteiger partial charge is 0.236 e. The second kappa shape index (κ2) is 6.55. The van der Waals surface area contributed by atoms with Crippen molar-refractivity contribution >= 4 is 48.8 Å². The largest absolute Gasteiger partial charge is 0.389 e. The lowest BCUT2D eigenvalue weighted by molar-refractivity contribution is 0.600. The Balaban J connectivity index is 2.14. The zero-order valence-electron chi connectivity index (χ0n) is 10.9. The molecule has 21 heavy (non-hydrogen) atoms. The second-order valence-electron chi connectivity index (χ2n) is 4.40. The van der Waals surface area contributed by atoms with Crippen molar-refractivity contribution in [2.24, 2.45) is 5.73 Å². The van der Waals surface area contributed by atoms with Gasteiger partial charge in [0.1, 0.15) is 4.99 Å². The summed E-state index contributed by atoms with van der Waals surface area (Å²) in [6.45, 7) is 0. The summed E-state index contributed by atoms with van der Waals surface area (Å²) in [7, 11) is -3.49. The summed E-state index contributed by atoms with van der Waals surface area (Å²) in [5, 5.41) is 0. The lowest BCUT2D eigenvalue weighted by atomic mass is 10.1. The summed E-state index contributed by atoms with van der Waals surface area (Å²) in [6.07, 6.45) is 0. The van der Waals surface area contributed by atoms with E-state index in [1.807, 2.05) is 6.07 Å². The maximum absolute atomic E-state index is 12.2. The van der Waals surface area contributed by atoms with Gasteiger partial charge in [-0.1, -0.05) is 48.6 Å². The zero-order chi connectivity index (χ0) is 15.5. The van der Waals surface area contributed by atoms with E-state index in [1.165, 1.54) is 0 Å². The summed E-state index contributed by atoms with van der Waals surface area (Å²) in [6, 6.07) is 13.9. The molecule has 0 aliphatic carbocycles. The lowest BCUT2D eigenvalue weighted by Crippen LogP contribution is -2.15. The number of anilines is 1. The zero-order valence-corrected chi connectivity index (χ0v) is 14.1. The first-order chi connectivity index (χ1) is 9.87. The molecule has 0 amide bonds. The fourth-order valence-corrected chi connectivity index (χ4v) is 3.60. The fourth-order valence-electron chi connectivity index (χ4n) is 1.73. The van der Waals surface area contributed by atoms with Gasteiger partial charge >= 0.3 is 0 Å². The number of hydrogen-bond donors (Lipinski definition) is 2. The van der Waals surface area contributed by atoms with E-state index in [9.17, 15) is 8.42 Å². The average Bonchev–Trinajstić information content (AvgIpc) is 2.41. The maximum Gasteiger partial charge on any atom is 0.236 e. The summed E-state index contributed by atoms with van der Waals surface area (Å²) in [5.41, 5.74) is 7.39. The third-order valence-corrected chi connectivity index (χ3v) is 4.91. The molecule has 0 spiro atoms. The minimum absolute atomic E-state index is 0.119. The minimum Gasteiger partial charge on any atom is -0.389 e. The molecule has 0 aliphatic rings. The van der Waals surface area contributed by atoms with Crippen LogP contribution in [-0.2, 0) is 15.8 Å². The monoisotopic (exact) mass is 384 g/mol. The van der Waals surface area contributed by atoms with Crippen molar-refractivity contribution in [3.05, 3.63) is 64.1 Å². The topological polar surface area (TPSA) is 72.2 Å². The van der Waals surface area contributed by atoms with Crippen LogP contribution < -0.4 is 10.5 Å². The summed E-state index contributed by atoms with van der Waals surface area (Å²) < 4.78 is 27.6. The highest BCUT2D eigenvalue weighted by molar-refractivity contribution is 9.10. The number of nitrogens with two attached hydrogens (primary N) is 1. The van der Waals surface area contributed by atoms with Gasteiger partial charge in [-0.15, -0.1) is 0 Å². The molecular formula is C14H13BrN2O2S2. The van der Waals surface area contributed by atoms with Gasteiger partial charge in [0.25, 0.3) is 0 Å². The van der Waals surface area contributed by atoms with E-state index < -0.39 is 10.0 Å². The molecule has 0 radical (unpaired) electrons. The van der Waals surface area contributed by atoms with Gasteiger partial charge in [0, 0.05) is 10.0 Å². The number of thiocarbonyl (C=S) groups is 1. The molecule has 0 bridgehead atoms. The van der Waals surface area contributed by atoms with E-state index in [0.717, 1.165) is 0 Å². The molecule has 0 saturated carbocycles. The Labute approximate surface area is 137 Å². The van der Waals surface area contributed by atoms with Gasteiger partial charge in [0.05, 0.1) is 11.4 Å². The van der Waals surface area contributed by atoms with Crippen LogP contribution in [0.2, 0.25) is 0 Å². The van der Waals surface area contributed by atoms with Gasteiger partial charge in [-0.2, -0.15) is 0 Å². The van der Waals surface area contributed by atoms with Crippen LogP contribution in [0.15, 0.2) is 53.0 Å². The number of nitrogens with one attached hydrogen (secondary N) is 1. The van der Waals surface area contributed by atoms with Crippen LogP contribution in [0.25, 0.3) is 0 Å². The molecule has 7 heteroatoms. The van der Waals surface area contributed by atoms with Crippen LogP contribution in [0.5, 0.6) is 0 Å². The Morgan fingerprint density at radius 3 is 2.33 bits per heavy atom. The molecule has 0 unspecified atom stereocenters. The number of rotatable bonds is 5. The first-order valence-corrected chi connectivity index (χ1v) is 8.86. The second-order valence-corrected chi connectivity index (χ2v) is 7.42. The van der Waals surface area contributed by atoms with Crippen molar-refractivity contribution in [1.82, 2.24) is 0 Å². The van der Waals surface area contributed by atoms with Crippen molar-refractivity contribution in [3.63, 3.8) is 0 Å². The summed E-state index contributed by atoms with van der Waals surface area (Å²) >= 11 is 8.16. The van der Waals surface area contributed by atoms with Gasteiger partial charge in [0.2, 0.25) is 10.0 Å². The number of halogens is 1. The maximum atomic E-state index is 12.2. The number of benzene rings is 2. The van der Waals surface area contributed by atoms with Gasteiger partial charge in [0.15, 0.2) is 0 Å². The molecule has 0 aromatic heterocycles. The Bertz CT molecular complexity index is 759. The molecule has 4 nitrogen and oxygen atoms in total. The molecule has 2 rings (SSSR count). The Morgan fingerprint density at radius 1 is 1.14 bits per heavy atom. The van der Waals surface area contributed by atoms with Gasteiger partial charge in [-0.05, 0) is 33.6 Å². The first-order valence-electron chi connectivity index (χ1n) is 6.01. The van der Waals surface area contributed by atoms with Gasteiger partial charge in [-0.3, -0.25) is 4.72 Å². The van der Waals surface area contributed by atoms with Crippen LogP contribution in [0.3, 0.4) is 0 Å². The number of sulfonamides is 1. The molecule has 0 fully saturated rings. The highest BCUT2D eigenvalue weighted by Gasteiger charge is 2.13. The van der Waals surface area contributed by atoms with Crippen molar-refractivity contribution in [3.8, 4) is 0 Å². The van der Waals surface area contributed by atoms with Crippen LogP contribution in [0.4, 0.5) is 5.69 Å². The van der Waals surface area contributed by atoms with Crippen molar-refractivity contribution in [2.45, 2.75) is 5.75 Å². The standard InChI is InChI=1S/C14H13BrN2O2S2/c15-12-3-1-2-4-13(12)17-21(18,19)9-10-5-7-11(8-6-10)14(16)20/h1-8,17H,9H2,(H2,16,20). The molecule has 3 N–H and O–H groups in total. The molecular weight excluding hydrogens is 372 g/mol.